The molecule has 0 amide bonds. The Hall–Kier alpha value is -1.36. The SMILES string of the molecule is CP(C)(=O)c1cc(-c2cccc3cc[nH]c23)ccc1N.CP(C)(=O)c1cc(-c2cccc3cc[nH]c23)ccc1Nc1nc(Cl)ncc1Br.Clc1ncc(Br)c(Cl)n1.O=CO[O-].[2H]CF.[H-].[K+].[K+]. The fourth-order valence-corrected chi connectivity index (χ4v) is 9.19. The standard InChI is InChI=1S/C20H17BrClN4OP.C16H17N2OP.C4HBrCl2N2.CH3F.CH2O3.2K.H/c1-28(2,27)17-10-13(14-5-3-4-12-8-9-23-18(12)14)6-7-16(17)25-19-15(21)11-24-20(22)26-19;1-20(2,19)15-10-12(6-7-14(15)17)13-5-3-4-11-8-9-18-16(11)13;5-2-1-8-4(7)9-3(2)6;1-2;2-1-4-3;;;/h3-11,23H,1-2H3,(H,24,25,26);3-10,18H,17H2,1-2H3;1H;1H3;1,3H;;;/q;;;;;2*+1;-1/p-1/i;;;1D;;;;. The molecule has 0 saturated carbocycles. The van der Waals surface area contributed by atoms with Gasteiger partial charge < -0.3 is 41.7 Å². The number of H-pyrrole nitrogens is 2. The number of nitrogens with zero attached hydrogens (tertiary/aromatic N) is 4. The summed E-state index contributed by atoms with van der Waals surface area (Å²) in [6.07, 6.45) is 6.93. The van der Waals surface area contributed by atoms with Gasteiger partial charge in [-0.05, 0) is 140 Å². The number of carbonyl (C=O) groups excluding carboxylic acids is 1. The number of halogens is 6. The molecule has 4 aromatic heterocycles. The van der Waals surface area contributed by atoms with Crippen molar-refractivity contribution in [2.24, 2.45) is 0 Å². The average Bonchev–Trinajstić information content (AvgIpc) is 3.95. The van der Waals surface area contributed by atoms with Crippen molar-refractivity contribution in [1.29, 1.82) is 0 Å². The number of hydrogen-bond acceptors (Lipinski definition) is 11. The molecule has 0 aliphatic carbocycles. The first kappa shape index (κ1) is 58.0. The maximum Gasteiger partial charge on any atom is 1.00 e. The van der Waals surface area contributed by atoms with E-state index < -0.39 is 21.4 Å². The summed E-state index contributed by atoms with van der Waals surface area (Å²) < 4.78 is 42.2. The first-order valence-electron chi connectivity index (χ1n) is 18.7. The molecule has 0 aliphatic rings. The molecule has 5 N–H and O–H groups in total. The number of aromatic nitrogens is 6. The van der Waals surface area contributed by atoms with Gasteiger partial charge in [-0.2, -0.15) is 4.98 Å². The number of nitrogen functional groups attached to an aromatic ring is 1. The third-order valence-electron chi connectivity index (χ3n) is 8.66. The van der Waals surface area contributed by atoms with Gasteiger partial charge in [0.05, 0.1) is 34.2 Å². The average molecular weight is 1160 g/mol. The Bertz CT molecular complexity index is 2980. The molecule has 4 heterocycles. The number of hydrogen-bond donors (Lipinski definition) is 4. The molecule has 0 fully saturated rings. The minimum atomic E-state index is -2.58. The summed E-state index contributed by atoms with van der Waals surface area (Å²) in [6, 6.07) is 28.1. The van der Waals surface area contributed by atoms with E-state index in [4.69, 9.17) is 52.0 Å². The van der Waals surface area contributed by atoms with Crippen LogP contribution in [-0.4, -0.2) is 70.2 Å². The number of alkyl halides is 1. The maximum atomic E-state index is 13.1. The third kappa shape index (κ3) is 17.2. The summed E-state index contributed by atoms with van der Waals surface area (Å²) in [5, 5.41) is 16.1. The van der Waals surface area contributed by atoms with Crippen molar-refractivity contribution in [1.82, 2.24) is 29.9 Å². The summed E-state index contributed by atoms with van der Waals surface area (Å²) in [5.74, 6) is 0.522. The molecule has 8 aromatic rings. The molecule has 0 atom stereocenters. The van der Waals surface area contributed by atoms with Gasteiger partial charge in [0.1, 0.15) is 25.3 Å². The largest absolute Gasteiger partial charge is 1.00 e. The smallest absolute Gasteiger partial charge is 1.00 e. The molecule has 65 heavy (non-hydrogen) atoms. The predicted octanol–water partition coefficient (Wildman–Crippen LogP) is 5.38. The zero-order chi connectivity index (χ0) is 47.2. The van der Waals surface area contributed by atoms with E-state index >= 15 is 0 Å². The molecular weight excluding hydrogens is 1120 g/mol. The number of nitrogens with one attached hydrogen (secondary N) is 3. The number of carbonyl (C=O) groups is 1. The second-order valence-electron chi connectivity index (χ2n) is 13.6. The molecule has 0 unspecified atom stereocenters. The second-order valence-corrected chi connectivity index (χ2v) is 22.7. The Morgan fingerprint density at radius 3 is 1.71 bits per heavy atom. The van der Waals surface area contributed by atoms with Crippen molar-refractivity contribution < 1.29 is 134 Å². The van der Waals surface area contributed by atoms with E-state index in [0.717, 1.165) is 60.4 Å². The minimum Gasteiger partial charge on any atom is -1.00 e. The Morgan fingerprint density at radius 2 is 1.25 bits per heavy atom. The molecule has 332 valence electrons. The van der Waals surface area contributed by atoms with Crippen LogP contribution in [0.25, 0.3) is 44.1 Å². The fourth-order valence-electron chi connectivity index (χ4n) is 5.97. The van der Waals surface area contributed by atoms with Crippen molar-refractivity contribution in [3.63, 3.8) is 0 Å². The predicted molar refractivity (Wildman–Crippen MR) is 263 cm³/mol. The van der Waals surface area contributed by atoms with E-state index in [0.29, 0.717) is 25.6 Å². The van der Waals surface area contributed by atoms with Crippen LogP contribution in [-0.2, 0) is 18.8 Å². The van der Waals surface area contributed by atoms with E-state index in [2.05, 4.69) is 96.2 Å². The summed E-state index contributed by atoms with van der Waals surface area (Å²) in [6.45, 7) is 6.83. The van der Waals surface area contributed by atoms with Gasteiger partial charge >= 0.3 is 103 Å². The number of para-hydroxylation sites is 2. The van der Waals surface area contributed by atoms with E-state index in [1.54, 1.807) is 32.9 Å². The van der Waals surface area contributed by atoms with E-state index in [1.807, 2.05) is 73.1 Å². The van der Waals surface area contributed by atoms with Crippen molar-refractivity contribution in [3.05, 3.63) is 134 Å². The molecule has 0 spiro atoms. The van der Waals surface area contributed by atoms with Crippen LogP contribution < -0.4 is 130 Å². The van der Waals surface area contributed by atoms with Gasteiger partial charge in [0, 0.05) is 52.2 Å². The number of anilines is 3. The van der Waals surface area contributed by atoms with Crippen LogP contribution in [0, 0.1) is 0 Å². The zero-order valence-corrected chi connectivity index (χ0v) is 49.2. The Balaban J connectivity index is 0.000000501. The normalized spacial score (nSPS) is 10.7. The first-order valence-corrected chi connectivity index (χ1v) is 25.9. The second kappa shape index (κ2) is 28.3. The number of aromatic amines is 2. The maximum absolute atomic E-state index is 13.1. The van der Waals surface area contributed by atoms with Gasteiger partial charge in [0.2, 0.25) is 10.6 Å². The van der Waals surface area contributed by atoms with Gasteiger partial charge in [-0.3, -0.25) is 9.18 Å². The Morgan fingerprint density at radius 1 is 0.785 bits per heavy atom. The summed E-state index contributed by atoms with van der Waals surface area (Å²) in [5.41, 5.74) is 13.6. The Kier molecular flexibility index (Phi) is 25.3. The van der Waals surface area contributed by atoms with Crippen molar-refractivity contribution >= 4 is 137 Å². The number of benzene rings is 4. The first-order chi connectivity index (χ1) is 30.3. The molecule has 0 radical (unpaired) electrons. The summed E-state index contributed by atoms with van der Waals surface area (Å²) >= 11 is 23.4. The van der Waals surface area contributed by atoms with Gasteiger partial charge in [-0.25, -0.2) is 15.0 Å². The van der Waals surface area contributed by atoms with Crippen LogP contribution in [0.4, 0.5) is 21.6 Å². The summed E-state index contributed by atoms with van der Waals surface area (Å²) in [7, 11) is -5.96. The van der Waals surface area contributed by atoms with Crippen molar-refractivity contribution in [3.8, 4) is 22.3 Å². The van der Waals surface area contributed by atoms with Crippen LogP contribution in [0.15, 0.2) is 119 Å². The van der Waals surface area contributed by atoms with Gasteiger partial charge in [0.25, 0.3) is 6.47 Å². The topological polar surface area (TPSA) is 205 Å². The van der Waals surface area contributed by atoms with Crippen LogP contribution in [0.5, 0.6) is 0 Å². The molecule has 23 heteroatoms. The number of nitrogens with two attached hydrogens (primary N) is 1. The molecule has 0 aliphatic heterocycles. The van der Waals surface area contributed by atoms with E-state index in [-0.39, 0.29) is 121 Å². The van der Waals surface area contributed by atoms with Crippen LogP contribution in [0.3, 0.4) is 0 Å². The third-order valence-corrected chi connectivity index (χ3v) is 13.8. The van der Waals surface area contributed by atoms with Crippen LogP contribution in [0.1, 0.15) is 2.80 Å². The number of rotatable bonds is 7. The van der Waals surface area contributed by atoms with Crippen molar-refractivity contribution in [2.75, 3.05) is 44.9 Å². The van der Waals surface area contributed by atoms with E-state index in [9.17, 15) is 13.5 Å². The summed E-state index contributed by atoms with van der Waals surface area (Å²) in [4.78, 5) is 33.3. The molecular formula is C42H40Br2Cl3FK2N8O5P2. The van der Waals surface area contributed by atoms with E-state index in [1.165, 1.54) is 6.20 Å². The molecule has 4 aromatic carbocycles. The molecule has 0 saturated heterocycles. The monoisotopic (exact) mass is 1160 g/mol. The number of fused-ring (bicyclic) bond motifs is 2. The zero-order valence-electron chi connectivity index (χ0n) is 37.7. The van der Waals surface area contributed by atoms with Gasteiger partial charge in [-0.15, -0.1) is 0 Å². The minimum absolute atomic E-state index is 0. The molecule has 13 nitrogen and oxygen atoms in total. The van der Waals surface area contributed by atoms with Gasteiger partial charge in [0.15, 0.2) is 0 Å². The van der Waals surface area contributed by atoms with Crippen LogP contribution >= 0.6 is 80.9 Å². The Labute approximate surface area is 495 Å². The molecule has 8 rings (SSSR count). The van der Waals surface area contributed by atoms with Crippen molar-refractivity contribution in [2.45, 2.75) is 0 Å². The van der Waals surface area contributed by atoms with Gasteiger partial charge in [-0.1, -0.05) is 60.1 Å². The molecule has 0 bridgehead atoms. The quantitative estimate of drug-likeness (QED) is 0.0233. The van der Waals surface area contributed by atoms with Crippen LogP contribution in [0.2, 0.25) is 15.7 Å². The fraction of sp³-hybridized carbons (Fsp3) is 0.119.